The van der Waals surface area contributed by atoms with Crippen molar-refractivity contribution in [1.82, 2.24) is 0 Å². The third-order valence-electron chi connectivity index (χ3n) is 3.49. The number of ether oxygens (including phenoxy) is 1. The Kier molecular flexibility index (Phi) is 3.97. The fraction of sp³-hybridized carbons (Fsp3) is 0.0667. The molecule has 0 aromatic heterocycles. The van der Waals surface area contributed by atoms with E-state index in [0.717, 1.165) is 24.3 Å². The maximum Gasteiger partial charge on any atom is 0.446 e. The zero-order valence-corrected chi connectivity index (χ0v) is 13.4. The van der Waals surface area contributed by atoms with Crippen molar-refractivity contribution in [2.45, 2.75) is 6.10 Å². The van der Waals surface area contributed by atoms with Crippen molar-refractivity contribution < 1.29 is 46.8 Å². The highest BCUT2D eigenvalue weighted by atomic mass is 32.3. The first-order valence-electron chi connectivity index (χ1n) is 6.88. The molecule has 1 atom stereocenters. The molecule has 0 saturated heterocycles. The van der Waals surface area contributed by atoms with Gasteiger partial charge >= 0.3 is 10.4 Å². The molecule has 26 heavy (non-hydrogen) atoms. The van der Waals surface area contributed by atoms with Crippen molar-refractivity contribution in [1.29, 1.82) is 0 Å². The normalized spacial score (nSPS) is 16.7. The first kappa shape index (κ1) is 17.5. The van der Waals surface area contributed by atoms with E-state index in [0.29, 0.717) is 6.07 Å². The molecule has 0 saturated carbocycles. The summed E-state index contributed by atoms with van der Waals surface area (Å²) in [5.41, 5.74) is -0.653. The Hall–Kier alpha value is -3.31. The van der Waals surface area contributed by atoms with Crippen LogP contribution < -0.4 is 8.92 Å². The number of carbonyl (C=O) groups is 2. The molecule has 136 valence electrons. The van der Waals surface area contributed by atoms with Gasteiger partial charge in [-0.25, -0.2) is 0 Å². The molecular formula is C15H10O10S. The number of aromatic hydroxyl groups is 3. The van der Waals surface area contributed by atoms with E-state index in [1.165, 1.54) is 0 Å². The summed E-state index contributed by atoms with van der Waals surface area (Å²) in [6.45, 7) is 0. The Morgan fingerprint density at radius 3 is 2.31 bits per heavy atom. The third kappa shape index (κ3) is 3.12. The number of phenols is 3. The quantitative estimate of drug-likeness (QED) is 0.441. The molecule has 4 N–H and O–H groups in total. The molecule has 1 aliphatic heterocycles. The molecule has 1 unspecified atom stereocenters. The van der Waals surface area contributed by atoms with Crippen molar-refractivity contribution in [2.75, 3.05) is 0 Å². The molecule has 1 heterocycles. The maximum atomic E-state index is 12.3. The van der Waals surface area contributed by atoms with Crippen LogP contribution in [0.2, 0.25) is 0 Å². The van der Waals surface area contributed by atoms with E-state index in [2.05, 4.69) is 4.18 Å². The number of ketones is 2. The SMILES string of the molecule is O=C1C(=O)C(c2ccc(O)cc2O)Oc2cc(OS(=O)(=O)O)cc(O)c21. The summed E-state index contributed by atoms with van der Waals surface area (Å²) in [6.07, 6.45) is -1.60. The number of Topliss-reactive ketones (excluding diaryl/α,β-unsaturated/α-hetero) is 2. The summed E-state index contributed by atoms with van der Waals surface area (Å²) in [5, 5.41) is 29.1. The van der Waals surface area contributed by atoms with Gasteiger partial charge in [-0.1, -0.05) is 0 Å². The van der Waals surface area contributed by atoms with E-state index in [1.807, 2.05) is 0 Å². The molecule has 0 bridgehead atoms. The molecule has 0 amide bonds. The van der Waals surface area contributed by atoms with Gasteiger partial charge in [-0.3, -0.25) is 14.1 Å². The van der Waals surface area contributed by atoms with E-state index < -0.39 is 56.6 Å². The van der Waals surface area contributed by atoms with Gasteiger partial charge in [-0.05, 0) is 12.1 Å². The summed E-state index contributed by atoms with van der Waals surface area (Å²) in [5.74, 6) is -4.81. The van der Waals surface area contributed by atoms with Gasteiger partial charge in [-0.2, -0.15) is 8.42 Å². The van der Waals surface area contributed by atoms with Crippen LogP contribution in [0.15, 0.2) is 30.3 Å². The van der Waals surface area contributed by atoms with Gasteiger partial charge in [0.15, 0.2) is 11.9 Å². The lowest BCUT2D eigenvalue weighted by atomic mass is 9.93. The van der Waals surface area contributed by atoms with Gasteiger partial charge in [0, 0.05) is 23.8 Å². The average molecular weight is 382 g/mol. The Balaban J connectivity index is 2.09. The minimum absolute atomic E-state index is 0.132. The van der Waals surface area contributed by atoms with Crippen LogP contribution in [0.4, 0.5) is 0 Å². The van der Waals surface area contributed by atoms with E-state index in [1.54, 1.807) is 0 Å². The number of hydrogen-bond acceptors (Lipinski definition) is 9. The van der Waals surface area contributed by atoms with Crippen LogP contribution in [0.3, 0.4) is 0 Å². The highest BCUT2D eigenvalue weighted by Gasteiger charge is 2.40. The number of carbonyl (C=O) groups excluding carboxylic acids is 2. The van der Waals surface area contributed by atoms with Gasteiger partial charge in [0.1, 0.15) is 28.6 Å². The van der Waals surface area contributed by atoms with Crippen molar-refractivity contribution in [3.63, 3.8) is 0 Å². The lowest BCUT2D eigenvalue weighted by Gasteiger charge is -2.25. The van der Waals surface area contributed by atoms with Crippen LogP contribution in [0.25, 0.3) is 0 Å². The lowest BCUT2D eigenvalue weighted by molar-refractivity contribution is -0.122. The van der Waals surface area contributed by atoms with E-state index in [4.69, 9.17) is 9.29 Å². The van der Waals surface area contributed by atoms with Gasteiger partial charge in [-0.15, -0.1) is 0 Å². The second-order valence-electron chi connectivity index (χ2n) is 5.26. The fourth-order valence-corrected chi connectivity index (χ4v) is 2.79. The highest BCUT2D eigenvalue weighted by Crippen LogP contribution is 2.42. The zero-order valence-electron chi connectivity index (χ0n) is 12.6. The molecule has 2 aromatic rings. The smallest absolute Gasteiger partial charge is 0.446 e. The first-order valence-corrected chi connectivity index (χ1v) is 8.24. The standard InChI is InChI=1S/C15H10O10S/c16-6-1-2-8(9(17)3-6)15-14(20)13(19)12-10(18)4-7(5-11(12)24-15)25-26(21,22)23/h1-5,15-18H,(H,21,22,23). The molecule has 0 radical (unpaired) electrons. The molecule has 0 fully saturated rings. The van der Waals surface area contributed by atoms with E-state index >= 15 is 0 Å². The largest absolute Gasteiger partial charge is 0.508 e. The van der Waals surface area contributed by atoms with Gasteiger partial charge in [0.2, 0.25) is 11.6 Å². The highest BCUT2D eigenvalue weighted by molar-refractivity contribution is 7.81. The molecule has 0 spiro atoms. The Labute approximate surface area is 145 Å². The molecule has 3 rings (SSSR count). The number of benzene rings is 2. The monoisotopic (exact) mass is 382 g/mol. The Bertz CT molecular complexity index is 1040. The topological polar surface area (TPSA) is 168 Å². The van der Waals surface area contributed by atoms with Crippen LogP contribution >= 0.6 is 0 Å². The number of rotatable bonds is 3. The van der Waals surface area contributed by atoms with Crippen LogP contribution in [0, 0.1) is 0 Å². The van der Waals surface area contributed by atoms with Crippen molar-refractivity contribution in [3.8, 4) is 28.7 Å². The van der Waals surface area contributed by atoms with Crippen molar-refractivity contribution in [3.05, 3.63) is 41.5 Å². The molecule has 0 aliphatic carbocycles. The van der Waals surface area contributed by atoms with E-state index in [-0.39, 0.29) is 11.3 Å². The third-order valence-corrected chi connectivity index (χ3v) is 3.89. The Morgan fingerprint density at radius 1 is 1.00 bits per heavy atom. The molecule has 2 aromatic carbocycles. The second kappa shape index (κ2) is 5.89. The maximum absolute atomic E-state index is 12.3. The minimum atomic E-state index is -4.91. The summed E-state index contributed by atoms with van der Waals surface area (Å²) < 4.78 is 39.8. The van der Waals surface area contributed by atoms with Crippen LogP contribution in [0.1, 0.15) is 22.0 Å². The molecule has 1 aliphatic rings. The number of fused-ring (bicyclic) bond motifs is 1. The van der Waals surface area contributed by atoms with Crippen molar-refractivity contribution >= 4 is 22.0 Å². The predicted octanol–water partition coefficient (Wildman–Crippen LogP) is 0.870. The van der Waals surface area contributed by atoms with E-state index in [9.17, 15) is 33.3 Å². The minimum Gasteiger partial charge on any atom is -0.508 e. The first-order chi connectivity index (χ1) is 12.1. The molecular weight excluding hydrogens is 372 g/mol. The molecule has 11 heteroatoms. The van der Waals surface area contributed by atoms with Crippen molar-refractivity contribution in [2.24, 2.45) is 0 Å². The molecule has 10 nitrogen and oxygen atoms in total. The number of phenolic OH excluding ortho intramolecular Hbond substituents is 3. The second-order valence-corrected chi connectivity index (χ2v) is 6.28. The Morgan fingerprint density at radius 2 is 1.69 bits per heavy atom. The van der Waals surface area contributed by atoms with Gasteiger partial charge in [0.25, 0.3) is 0 Å². The fourth-order valence-electron chi connectivity index (χ4n) is 2.45. The average Bonchev–Trinajstić information content (AvgIpc) is 2.49. The summed E-state index contributed by atoms with van der Waals surface area (Å²) in [6, 6.07) is 4.82. The summed E-state index contributed by atoms with van der Waals surface area (Å²) in [4.78, 5) is 24.5. The zero-order chi connectivity index (χ0) is 19.2. The lowest BCUT2D eigenvalue weighted by Crippen LogP contribution is -2.32. The van der Waals surface area contributed by atoms with Crippen LogP contribution in [-0.2, 0) is 15.2 Å². The van der Waals surface area contributed by atoms with Gasteiger partial charge in [0.05, 0.1) is 0 Å². The van der Waals surface area contributed by atoms with Crippen LogP contribution in [-0.4, -0.2) is 39.9 Å². The van der Waals surface area contributed by atoms with Crippen LogP contribution in [0.5, 0.6) is 28.7 Å². The predicted molar refractivity (Wildman–Crippen MR) is 82.8 cm³/mol. The van der Waals surface area contributed by atoms with Gasteiger partial charge < -0.3 is 24.2 Å². The summed E-state index contributed by atoms with van der Waals surface area (Å²) >= 11 is 0. The number of hydrogen-bond donors (Lipinski definition) is 4. The summed E-state index contributed by atoms with van der Waals surface area (Å²) in [7, 11) is -4.91.